The number of halogens is 3. The number of fused-ring (bicyclic) bond motifs is 1. The molecule has 0 aliphatic carbocycles. The Bertz CT molecular complexity index is 1060. The SMILES string of the molecule is Cc1c(C(=O)OC(C)(C)C)c2nc(-c3cccc(C(F)(F)F)c3)ccc2n1C. The fourth-order valence-corrected chi connectivity index (χ4v) is 3.02. The summed E-state index contributed by atoms with van der Waals surface area (Å²) in [6.07, 6.45) is -4.44. The van der Waals surface area contributed by atoms with E-state index in [1.54, 1.807) is 52.9 Å². The topological polar surface area (TPSA) is 44.1 Å². The number of rotatable bonds is 2. The predicted molar refractivity (Wildman–Crippen MR) is 101 cm³/mol. The number of hydrogen-bond donors (Lipinski definition) is 0. The molecule has 2 heterocycles. The van der Waals surface area contributed by atoms with Gasteiger partial charge in [0.25, 0.3) is 0 Å². The number of alkyl halides is 3. The first-order chi connectivity index (χ1) is 12.9. The molecule has 2 aromatic heterocycles. The van der Waals surface area contributed by atoms with Crippen LogP contribution in [0.5, 0.6) is 0 Å². The van der Waals surface area contributed by atoms with E-state index in [1.165, 1.54) is 6.07 Å². The second-order valence-corrected chi connectivity index (χ2v) is 7.66. The molecular weight excluding hydrogens is 369 g/mol. The van der Waals surface area contributed by atoms with E-state index in [1.807, 2.05) is 4.57 Å². The molecule has 0 fully saturated rings. The molecule has 0 radical (unpaired) electrons. The number of pyridine rings is 1. The third-order valence-corrected chi connectivity index (χ3v) is 4.43. The number of nitrogens with zero attached hydrogens (tertiary/aromatic N) is 2. The number of hydrogen-bond acceptors (Lipinski definition) is 3. The lowest BCUT2D eigenvalue weighted by Gasteiger charge is -2.19. The Morgan fingerprint density at radius 3 is 2.39 bits per heavy atom. The first-order valence-corrected chi connectivity index (χ1v) is 8.75. The van der Waals surface area contributed by atoms with Crippen molar-refractivity contribution in [2.75, 3.05) is 0 Å². The van der Waals surface area contributed by atoms with Gasteiger partial charge in [-0.2, -0.15) is 13.2 Å². The highest BCUT2D eigenvalue weighted by Crippen LogP contribution is 2.33. The third-order valence-electron chi connectivity index (χ3n) is 4.43. The summed E-state index contributed by atoms with van der Waals surface area (Å²) in [6.45, 7) is 7.09. The molecule has 1 aromatic carbocycles. The second-order valence-electron chi connectivity index (χ2n) is 7.66. The van der Waals surface area contributed by atoms with Crippen LogP contribution >= 0.6 is 0 Å². The lowest BCUT2D eigenvalue weighted by molar-refractivity contribution is -0.137. The summed E-state index contributed by atoms with van der Waals surface area (Å²) in [7, 11) is 1.80. The molecule has 0 N–H and O–H groups in total. The highest BCUT2D eigenvalue weighted by Gasteiger charge is 2.31. The Labute approximate surface area is 161 Å². The number of carbonyl (C=O) groups excluding carboxylic acids is 1. The van der Waals surface area contributed by atoms with Gasteiger partial charge in [-0.15, -0.1) is 0 Å². The average Bonchev–Trinajstić information content (AvgIpc) is 2.83. The van der Waals surface area contributed by atoms with Crippen molar-refractivity contribution in [1.82, 2.24) is 9.55 Å². The van der Waals surface area contributed by atoms with Gasteiger partial charge in [-0.3, -0.25) is 0 Å². The summed E-state index contributed by atoms with van der Waals surface area (Å²) in [6, 6.07) is 8.37. The maximum atomic E-state index is 13.0. The van der Waals surface area contributed by atoms with Crippen LogP contribution in [0.1, 0.15) is 42.4 Å². The van der Waals surface area contributed by atoms with E-state index in [0.29, 0.717) is 33.5 Å². The third kappa shape index (κ3) is 3.74. The van der Waals surface area contributed by atoms with E-state index in [4.69, 9.17) is 4.74 Å². The fraction of sp³-hybridized carbons (Fsp3) is 0.333. The number of aromatic nitrogens is 2. The van der Waals surface area contributed by atoms with Crippen LogP contribution in [-0.2, 0) is 18.0 Å². The Kier molecular flexibility index (Phi) is 4.73. The highest BCUT2D eigenvalue weighted by atomic mass is 19.4. The van der Waals surface area contributed by atoms with Gasteiger partial charge in [-0.05, 0) is 52.0 Å². The summed E-state index contributed by atoms with van der Waals surface area (Å²) >= 11 is 0. The van der Waals surface area contributed by atoms with Crippen LogP contribution in [0.15, 0.2) is 36.4 Å². The van der Waals surface area contributed by atoms with Gasteiger partial charge in [0.2, 0.25) is 0 Å². The minimum Gasteiger partial charge on any atom is -0.456 e. The lowest BCUT2D eigenvalue weighted by Crippen LogP contribution is -2.24. The van der Waals surface area contributed by atoms with Crippen molar-refractivity contribution in [2.45, 2.75) is 39.5 Å². The maximum Gasteiger partial charge on any atom is 0.416 e. The predicted octanol–water partition coefficient (Wildman–Crippen LogP) is 5.52. The first-order valence-electron chi connectivity index (χ1n) is 8.75. The van der Waals surface area contributed by atoms with E-state index in [0.717, 1.165) is 12.1 Å². The maximum absolute atomic E-state index is 13.0. The largest absolute Gasteiger partial charge is 0.456 e. The highest BCUT2D eigenvalue weighted by molar-refractivity contribution is 6.04. The summed E-state index contributed by atoms with van der Waals surface area (Å²) in [4.78, 5) is 17.2. The van der Waals surface area contributed by atoms with Gasteiger partial charge in [0, 0.05) is 18.3 Å². The Morgan fingerprint density at radius 1 is 1.11 bits per heavy atom. The van der Waals surface area contributed by atoms with Crippen LogP contribution in [0, 0.1) is 6.92 Å². The minimum absolute atomic E-state index is 0.321. The fourth-order valence-electron chi connectivity index (χ4n) is 3.02. The molecule has 0 amide bonds. The van der Waals surface area contributed by atoms with Crippen molar-refractivity contribution in [1.29, 1.82) is 0 Å². The molecule has 0 unspecified atom stereocenters. The average molecular weight is 390 g/mol. The van der Waals surface area contributed by atoms with Crippen LogP contribution in [0.3, 0.4) is 0 Å². The molecule has 7 heteroatoms. The van der Waals surface area contributed by atoms with Crippen molar-refractivity contribution >= 4 is 17.0 Å². The summed E-state index contributed by atoms with van der Waals surface area (Å²) < 4.78 is 46.4. The first kappa shape index (κ1) is 19.9. The van der Waals surface area contributed by atoms with Gasteiger partial charge in [-0.1, -0.05) is 12.1 Å². The molecule has 0 saturated heterocycles. The van der Waals surface area contributed by atoms with E-state index in [-0.39, 0.29) is 0 Å². The normalized spacial score (nSPS) is 12.4. The van der Waals surface area contributed by atoms with Crippen molar-refractivity contribution < 1.29 is 22.7 Å². The molecule has 148 valence electrons. The van der Waals surface area contributed by atoms with Gasteiger partial charge >= 0.3 is 12.1 Å². The van der Waals surface area contributed by atoms with Crippen LogP contribution in [-0.4, -0.2) is 21.1 Å². The molecular formula is C21H21F3N2O2. The van der Waals surface area contributed by atoms with Gasteiger partial charge in [0.05, 0.1) is 16.8 Å². The Morgan fingerprint density at radius 2 is 1.79 bits per heavy atom. The quantitative estimate of drug-likeness (QED) is 0.541. The van der Waals surface area contributed by atoms with Gasteiger partial charge in [-0.25, -0.2) is 9.78 Å². The van der Waals surface area contributed by atoms with E-state index in [2.05, 4.69) is 4.98 Å². The zero-order chi connectivity index (χ0) is 20.9. The Balaban J connectivity index is 2.16. The molecule has 0 atom stereocenters. The van der Waals surface area contributed by atoms with Crippen molar-refractivity contribution in [2.24, 2.45) is 7.05 Å². The standard InChI is InChI=1S/C21H21F3N2O2/c1-12-17(19(27)28-20(2,3)4)18-16(26(12)5)10-9-15(25-18)13-7-6-8-14(11-13)21(22,23)24/h6-11H,1-5H3. The van der Waals surface area contributed by atoms with E-state index in [9.17, 15) is 18.0 Å². The van der Waals surface area contributed by atoms with Crippen molar-refractivity contribution in [3.05, 3.63) is 53.2 Å². The van der Waals surface area contributed by atoms with Crippen LogP contribution in [0.25, 0.3) is 22.3 Å². The molecule has 0 aliphatic heterocycles. The zero-order valence-electron chi connectivity index (χ0n) is 16.3. The molecule has 0 saturated carbocycles. The number of carbonyl (C=O) groups is 1. The van der Waals surface area contributed by atoms with E-state index < -0.39 is 23.3 Å². The molecule has 0 spiro atoms. The number of aryl methyl sites for hydroxylation is 1. The molecule has 3 rings (SSSR count). The smallest absolute Gasteiger partial charge is 0.416 e. The van der Waals surface area contributed by atoms with Crippen molar-refractivity contribution in [3.63, 3.8) is 0 Å². The second kappa shape index (κ2) is 6.65. The molecule has 3 aromatic rings. The minimum atomic E-state index is -4.44. The number of ether oxygens (including phenoxy) is 1. The van der Waals surface area contributed by atoms with Crippen molar-refractivity contribution in [3.8, 4) is 11.3 Å². The summed E-state index contributed by atoms with van der Waals surface area (Å²) in [5, 5.41) is 0. The summed E-state index contributed by atoms with van der Waals surface area (Å²) in [5.41, 5.74) is 1.37. The number of benzene rings is 1. The monoisotopic (exact) mass is 390 g/mol. The van der Waals surface area contributed by atoms with Crippen LogP contribution < -0.4 is 0 Å². The van der Waals surface area contributed by atoms with Gasteiger partial charge in [0.15, 0.2) is 0 Å². The lowest BCUT2D eigenvalue weighted by atomic mass is 10.1. The zero-order valence-corrected chi connectivity index (χ0v) is 16.3. The summed E-state index contributed by atoms with van der Waals surface area (Å²) in [5.74, 6) is -0.510. The molecule has 0 aliphatic rings. The van der Waals surface area contributed by atoms with Gasteiger partial charge < -0.3 is 9.30 Å². The van der Waals surface area contributed by atoms with Gasteiger partial charge in [0.1, 0.15) is 16.7 Å². The van der Waals surface area contributed by atoms with E-state index >= 15 is 0 Å². The van der Waals surface area contributed by atoms with Crippen LogP contribution in [0.2, 0.25) is 0 Å². The Hall–Kier alpha value is -2.83. The molecule has 0 bridgehead atoms. The number of esters is 1. The molecule has 28 heavy (non-hydrogen) atoms. The molecule has 4 nitrogen and oxygen atoms in total. The van der Waals surface area contributed by atoms with Crippen LogP contribution in [0.4, 0.5) is 13.2 Å².